The van der Waals surface area contributed by atoms with Crippen molar-refractivity contribution in [3.63, 3.8) is 0 Å². The Morgan fingerprint density at radius 3 is 2.08 bits per heavy atom. The van der Waals surface area contributed by atoms with Crippen molar-refractivity contribution < 1.29 is 41.4 Å². The summed E-state index contributed by atoms with van der Waals surface area (Å²) in [6, 6.07) is 6.54. The van der Waals surface area contributed by atoms with E-state index in [0.717, 1.165) is 44.3 Å². The van der Waals surface area contributed by atoms with E-state index in [1.165, 1.54) is 18.7 Å². The zero-order chi connectivity index (χ0) is 27.1. The second-order valence-electron chi connectivity index (χ2n) is 8.33. The SMILES string of the molecule is Cc1ccc(C)c(S(=O)(=O)Nc2cnc(N3CCCCCCC3)c(C(=O)O)c2)c1.O=C(O)C(F)(F)F. The van der Waals surface area contributed by atoms with Crippen molar-refractivity contribution in [2.45, 2.75) is 57.0 Å². The topological polar surface area (TPSA) is 137 Å². The number of carboxylic acids is 2. The zero-order valence-electron chi connectivity index (χ0n) is 19.8. The van der Waals surface area contributed by atoms with Gasteiger partial charge >= 0.3 is 18.1 Å². The molecule has 1 aliphatic heterocycles. The summed E-state index contributed by atoms with van der Waals surface area (Å²) < 4.78 is 59.9. The number of benzene rings is 1. The molecule has 3 rings (SSSR count). The fourth-order valence-corrected chi connectivity index (χ4v) is 4.95. The second kappa shape index (κ2) is 12.1. The molecule has 1 saturated heterocycles. The number of nitrogens with zero attached hydrogens (tertiary/aromatic N) is 2. The molecule has 0 radical (unpaired) electrons. The second-order valence-corrected chi connectivity index (χ2v) is 9.98. The monoisotopic (exact) mass is 531 g/mol. The first kappa shape index (κ1) is 28.9. The van der Waals surface area contributed by atoms with Gasteiger partial charge in [0.2, 0.25) is 0 Å². The molecule has 0 amide bonds. The summed E-state index contributed by atoms with van der Waals surface area (Å²) in [6.45, 7) is 5.04. The van der Waals surface area contributed by atoms with Gasteiger partial charge in [0.25, 0.3) is 10.0 Å². The number of sulfonamides is 1. The van der Waals surface area contributed by atoms with Crippen LogP contribution in [0, 0.1) is 13.8 Å². The maximum atomic E-state index is 12.8. The summed E-state index contributed by atoms with van der Waals surface area (Å²) in [4.78, 5) is 27.2. The Balaban J connectivity index is 0.000000572. The Kier molecular flexibility index (Phi) is 9.68. The van der Waals surface area contributed by atoms with Crippen molar-refractivity contribution >= 4 is 33.5 Å². The Labute approximate surface area is 207 Å². The van der Waals surface area contributed by atoms with Crippen LogP contribution in [0.3, 0.4) is 0 Å². The van der Waals surface area contributed by atoms with E-state index in [4.69, 9.17) is 9.90 Å². The highest BCUT2D eigenvalue weighted by atomic mass is 32.2. The predicted molar refractivity (Wildman–Crippen MR) is 127 cm³/mol. The molecule has 1 fully saturated rings. The van der Waals surface area contributed by atoms with Gasteiger partial charge in [0.05, 0.1) is 16.8 Å². The van der Waals surface area contributed by atoms with Crippen LogP contribution in [-0.2, 0) is 14.8 Å². The van der Waals surface area contributed by atoms with E-state index in [9.17, 15) is 31.5 Å². The summed E-state index contributed by atoms with van der Waals surface area (Å²) in [5.41, 5.74) is 1.59. The largest absolute Gasteiger partial charge is 0.490 e. The summed E-state index contributed by atoms with van der Waals surface area (Å²) in [5.74, 6) is -3.48. The predicted octanol–water partition coefficient (Wildman–Crippen LogP) is 4.60. The quantitative estimate of drug-likeness (QED) is 0.509. The standard InChI is InChI=1S/C21H27N3O4S.C2HF3O2/c1-15-8-9-16(2)19(12-15)29(27,28)23-17-13-18(21(25)26)20(22-14-17)24-10-6-4-3-5-7-11-24;3-2(4,5)1(6)7/h8-9,12-14,23H,3-7,10-11H2,1-2H3,(H,25,26);(H,6,7). The number of hydrogen-bond acceptors (Lipinski definition) is 6. The van der Waals surface area contributed by atoms with Gasteiger partial charge in [-0.2, -0.15) is 13.2 Å². The van der Waals surface area contributed by atoms with E-state index >= 15 is 0 Å². The third-order valence-electron chi connectivity index (χ3n) is 5.38. The van der Waals surface area contributed by atoms with Crippen LogP contribution in [0.2, 0.25) is 0 Å². The number of halogens is 3. The minimum Gasteiger partial charge on any atom is -0.478 e. The minimum absolute atomic E-state index is 0.00624. The maximum absolute atomic E-state index is 12.8. The van der Waals surface area contributed by atoms with Crippen LogP contribution in [0.25, 0.3) is 0 Å². The molecule has 3 N–H and O–H groups in total. The molecule has 198 valence electrons. The first-order valence-corrected chi connectivity index (χ1v) is 12.6. The molecule has 0 spiro atoms. The van der Waals surface area contributed by atoms with Crippen LogP contribution in [0.1, 0.15) is 53.6 Å². The van der Waals surface area contributed by atoms with Crippen LogP contribution >= 0.6 is 0 Å². The third kappa shape index (κ3) is 8.11. The number of aliphatic carboxylic acids is 1. The van der Waals surface area contributed by atoms with Crippen molar-refractivity contribution in [2.24, 2.45) is 0 Å². The smallest absolute Gasteiger partial charge is 0.478 e. The molecule has 2 heterocycles. The van der Waals surface area contributed by atoms with Crippen LogP contribution in [0.4, 0.5) is 24.7 Å². The maximum Gasteiger partial charge on any atom is 0.490 e. The van der Waals surface area contributed by atoms with E-state index in [1.54, 1.807) is 19.1 Å². The van der Waals surface area contributed by atoms with Crippen LogP contribution < -0.4 is 9.62 Å². The number of aromatic nitrogens is 1. The van der Waals surface area contributed by atoms with Crippen LogP contribution in [0.5, 0.6) is 0 Å². The highest BCUT2D eigenvalue weighted by Crippen LogP contribution is 2.26. The normalized spacial score (nSPS) is 14.6. The average Bonchev–Trinajstić information content (AvgIpc) is 2.75. The molecule has 13 heteroatoms. The Hall–Kier alpha value is -3.35. The summed E-state index contributed by atoms with van der Waals surface area (Å²) in [7, 11) is -3.85. The molecule has 0 saturated carbocycles. The lowest BCUT2D eigenvalue weighted by Crippen LogP contribution is -2.29. The van der Waals surface area contributed by atoms with Crippen molar-refractivity contribution in [3.8, 4) is 0 Å². The van der Waals surface area contributed by atoms with E-state index < -0.39 is 28.1 Å². The molecule has 36 heavy (non-hydrogen) atoms. The Bertz CT molecular complexity index is 1190. The fraction of sp³-hybridized carbons (Fsp3) is 0.435. The molecule has 2 aromatic rings. The van der Waals surface area contributed by atoms with Crippen molar-refractivity contribution in [3.05, 3.63) is 47.2 Å². The van der Waals surface area contributed by atoms with E-state index in [1.807, 2.05) is 17.9 Å². The molecule has 0 bridgehead atoms. The number of carboxylic acid groups (broad SMARTS) is 2. The first-order chi connectivity index (χ1) is 16.7. The van der Waals surface area contributed by atoms with Gasteiger partial charge in [0.1, 0.15) is 11.4 Å². The first-order valence-electron chi connectivity index (χ1n) is 11.1. The number of aromatic carboxylic acids is 1. The molecule has 0 unspecified atom stereocenters. The minimum atomic E-state index is -5.08. The molecular formula is C23H28F3N3O6S. The number of anilines is 2. The van der Waals surface area contributed by atoms with Gasteiger partial charge < -0.3 is 15.1 Å². The van der Waals surface area contributed by atoms with Gasteiger partial charge in [-0.05, 0) is 49.9 Å². The van der Waals surface area contributed by atoms with Gasteiger partial charge in [-0.25, -0.2) is 23.0 Å². The molecule has 0 aliphatic carbocycles. The summed E-state index contributed by atoms with van der Waals surface area (Å²) in [6.07, 6.45) is 1.72. The zero-order valence-corrected chi connectivity index (χ0v) is 20.6. The summed E-state index contributed by atoms with van der Waals surface area (Å²) in [5, 5.41) is 16.8. The molecule has 1 aromatic carbocycles. The fourth-order valence-electron chi connectivity index (χ4n) is 3.59. The molecule has 1 aliphatic rings. The van der Waals surface area contributed by atoms with Gasteiger partial charge in [-0.3, -0.25) is 4.72 Å². The third-order valence-corrected chi connectivity index (χ3v) is 6.90. The number of pyridine rings is 1. The number of carbonyl (C=O) groups is 2. The van der Waals surface area contributed by atoms with Crippen LogP contribution in [0.15, 0.2) is 35.4 Å². The van der Waals surface area contributed by atoms with Crippen molar-refractivity contribution in [1.82, 2.24) is 4.98 Å². The number of alkyl halides is 3. The Morgan fingerprint density at radius 2 is 1.56 bits per heavy atom. The average molecular weight is 532 g/mol. The van der Waals surface area contributed by atoms with E-state index in [-0.39, 0.29) is 16.1 Å². The number of nitrogens with one attached hydrogen (secondary N) is 1. The van der Waals surface area contributed by atoms with Crippen molar-refractivity contribution in [2.75, 3.05) is 22.7 Å². The molecular weight excluding hydrogens is 503 g/mol. The molecule has 1 aromatic heterocycles. The highest BCUT2D eigenvalue weighted by molar-refractivity contribution is 7.92. The highest BCUT2D eigenvalue weighted by Gasteiger charge is 2.38. The lowest BCUT2D eigenvalue weighted by Gasteiger charge is -2.27. The van der Waals surface area contributed by atoms with Gasteiger partial charge in [0.15, 0.2) is 0 Å². The number of aryl methyl sites for hydroxylation is 2. The lowest BCUT2D eigenvalue weighted by atomic mass is 10.1. The van der Waals surface area contributed by atoms with Gasteiger partial charge in [-0.1, -0.05) is 31.4 Å². The molecule has 9 nitrogen and oxygen atoms in total. The van der Waals surface area contributed by atoms with E-state index in [2.05, 4.69) is 9.71 Å². The van der Waals surface area contributed by atoms with Gasteiger partial charge in [0, 0.05) is 13.1 Å². The molecule has 0 atom stereocenters. The van der Waals surface area contributed by atoms with Gasteiger partial charge in [-0.15, -0.1) is 0 Å². The lowest BCUT2D eigenvalue weighted by molar-refractivity contribution is -0.192. The summed E-state index contributed by atoms with van der Waals surface area (Å²) >= 11 is 0. The van der Waals surface area contributed by atoms with Crippen LogP contribution in [-0.4, -0.2) is 54.8 Å². The number of rotatable bonds is 5. The van der Waals surface area contributed by atoms with E-state index in [0.29, 0.717) is 11.4 Å². The van der Waals surface area contributed by atoms with Crippen molar-refractivity contribution in [1.29, 1.82) is 0 Å². The number of hydrogen-bond donors (Lipinski definition) is 3. The Morgan fingerprint density at radius 1 is 1.00 bits per heavy atom.